The monoisotopic (exact) mass is 314 g/mol. The van der Waals surface area contributed by atoms with Gasteiger partial charge in [-0.25, -0.2) is 19.5 Å². The molecule has 0 bridgehead atoms. The number of anilines is 1. The summed E-state index contributed by atoms with van der Waals surface area (Å²) in [4.78, 5) is 18.0. The molecule has 1 amide bonds. The Morgan fingerprint density at radius 1 is 1.39 bits per heavy atom. The average Bonchev–Trinajstić information content (AvgIpc) is 2.23. The Bertz CT molecular complexity index is 530. The number of ether oxygens (including phenoxy) is 1. The van der Waals surface area contributed by atoms with Crippen molar-refractivity contribution in [1.82, 2.24) is 14.7 Å². The molecule has 0 aliphatic rings. The number of rotatable bonds is 4. The topological polar surface area (TPSA) is 110 Å². The van der Waals surface area contributed by atoms with E-state index in [4.69, 9.17) is 23.2 Å². The molecule has 0 saturated heterocycles. The number of carbonyl (C=O) groups excluding carboxylic acids is 1. The summed E-state index contributed by atoms with van der Waals surface area (Å²) in [6.07, 6.45) is -0.0737. The van der Waals surface area contributed by atoms with Gasteiger partial charge >= 0.3 is 16.3 Å². The van der Waals surface area contributed by atoms with E-state index < -0.39 is 16.3 Å². The highest BCUT2D eigenvalue weighted by Crippen LogP contribution is 2.26. The number of aromatic nitrogens is 2. The molecule has 1 aromatic heterocycles. The van der Waals surface area contributed by atoms with Crippen molar-refractivity contribution < 1.29 is 17.9 Å². The van der Waals surface area contributed by atoms with Gasteiger partial charge in [0.1, 0.15) is 12.0 Å². The second-order valence-corrected chi connectivity index (χ2v) is 4.89. The number of halogens is 2. The van der Waals surface area contributed by atoms with Crippen molar-refractivity contribution in [2.24, 2.45) is 0 Å². The fraction of sp³-hybridized carbons (Fsp3) is 0.286. The summed E-state index contributed by atoms with van der Waals surface area (Å²) in [5.41, 5.74) is -0.238. The Labute approximate surface area is 113 Å². The number of carbonyl (C=O) groups is 1. The van der Waals surface area contributed by atoms with Gasteiger partial charge < -0.3 is 4.74 Å². The van der Waals surface area contributed by atoms with Crippen LogP contribution < -0.4 is 9.44 Å². The van der Waals surface area contributed by atoms with Gasteiger partial charge in [-0.1, -0.05) is 23.2 Å². The second-order valence-electron chi connectivity index (χ2n) is 2.76. The van der Waals surface area contributed by atoms with Crippen LogP contribution >= 0.6 is 23.2 Å². The minimum Gasteiger partial charge on any atom is -0.449 e. The summed E-state index contributed by atoms with van der Waals surface area (Å²) in [5, 5.41) is -0.409. The molecule has 0 fully saturated rings. The highest BCUT2D eigenvalue weighted by molar-refractivity contribution is 7.91. The normalized spacial score (nSPS) is 10.8. The van der Waals surface area contributed by atoms with Crippen LogP contribution in [-0.4, -0.2) is 31.1 Å². The maximum absolute atomic E-state index is 11.5. The van der Waals surface area contributed by atoms with Crippen LogP contribution in [0.2, 0.25) is 10.3 Å². The van der Waals surface area contributed by atoms with Gasteiger partial charge in [-0.3, -0.25) is 4.72 Å². The first-order valence-electron chi connectivity index (χ1n) is 4.49. The molecular formula is C7H8Cl2N4O4S. The largest absolute Gasteiger partial charge is 0.449 e. The van der Waals surface area contributed by atoms with E-state index in [0.29, 0.717) is 0 Å². The van der Waals surface area contributed by atoms with Crippen LogP contribution in [0.3, 0.4) is 0 Å². The predicted molar refractivity (Wildman–Crippen MR) is 64.8 cm³/mol. The molecule has 0 aromatic carbocycles. The van der Waals surface area contributed by atoms with Crippen molar-refractivity contribution in [1.29, 1.82) is 0 Å². The van der Waals surface area contributed by atoms with Crippen LogP contribution in [0.25, 0.3) is 0 Å². The molecule has 1 heterocycles. The van der Waals surface area contributed by atoms with E-state index in [0.717, 1.165) is 6.33 Å². The van der Waals surface area contributed by atoms with Gasteiger partial charge in [0.2, 0.25) is 0 Å². The molecule has 2 N–H and O–H groups in total. The summed E-state index contributed by atoms with van der Waals surface area (Å²) in [6.45, 7) is 1.55. The molecule has 0 saturated carbocycles. The number of amides is 1. The van der Waals surface area contributed by atoms with Crippen molar-refractivity contribution >= 4 is 45.2 Å². The molecule has 1 rings (SSSR count). The molecule has 8 nitrogen and oxygen atoms in total. The van der Waals surface area contributed by atoms with E-state index in [1.807, 2.05) is 4.72 Å². The number of hydrogen-bond acceptors (Lipinski definition) is 6. The van der Waals surface area contributed by atoms with E-state index in [1.165, 1.54) is 6.92 Å². The van der Waals surface area contributed by atoms with Gasteiger partial charge in [0.25, 0.3) is 0 Å². The molecule has 0 aliphatic carbocycles. The van der Waals surface area contributed by atoms with Gasteiger partial charge in [-0.05, 0) is 6.92 Å². The van der Waals surface area contributed by atoms with Crippen molar-refractivity contribution in [3.63, 3.8) is 0 Å². The second kappa shape index (κ2) is 6.03. The lowest BCUT2D eigenvalue weighted by atomic mass is 10.6. The standard InChI is InChI=1S/C7H8Cl2N4O4S/c1-2-17-7(14)13-18(15,16)12-4-5(8)10-3-11-6(4)9/h3,12H,2H2,1H3,(H,13,14). The third-order valence-corrected chi connectivity index (χ3v) is 2.97. The van der Waals surface area contributed by atoms with Crippen molar-refractivity contribution in [3.05, 3.63) is 16.6 Å². The molecule has 11 heteroatoms. The van der Waals surface area contributed by atoms with E-state index in [1.54, 1.807) is 4.72 Å². The van der Waals surface area contributed by atoms with E-state index >= 15 is 0 Å². The van der Waals surface area contributed by atoms with E-state index in [9.17, 15) is 13.2 Å². The molecule has 0 aliphatic heterocycles. The summed E-state index contributed by atoms with van der Waals surface area (Å²) >= 11 is 11.3. The minimum atomic E-state index is -4.22. The third kappa shape index (κ3) is 4.17. The lowest BCUT2D eigenvalue weighted by Crippen LogP contribution is -2.36. The zero-order chi connectivity index (χ0) is 13.8. The van der Waals surface area contributed by atoms with Crippen LogP contribution in [0, 0.1) is 0 Å². The molecule has 0 unspecified atom stereocenters. The van der Waals surface area contributed by atoms with E-state index in [-0.39, 0.29) is 22.6 Å². The SMILES string of the molecule is CCOC(=O)NS(=O)(=O)Nc1c(Cl)ncnc1Cl. The number of hydrogen-bond donors (Lipinski definition) is 2. The molecule has 0 atom stereocenters. The maximum atomic E-state index is 11.5. The highest BCUT2D eigenvalue weighted by Gasteiger charge is 2.19. The zero-order valence-electron chi connectivity index (χ0n) is 8.98. The average molecular weight is 315 g/mol. The van der Waals surface area contributed by atoms with Gasteiger partial charge in [0, 0.05) is 0 Å². The Hall–Kier alpha value is -1.32. The maximum Gasteiger partial charge on any atom is 0.422 e. The minimum absolute atomic E-state index is 0.0251. The van der Waals surface area contributed by atoms with Crippen LogP contribution in [0.15, 0.2) is 6.33 Å². The Kier molecular flexibility index (Phi) is 4.93. The molecular weight excluding hydrogens is 307 g/mol. The predicted octanol–water partition coefficient (Wildman–Crippen LogP) is 1.19. The molecule has 18 heavy (non-hydrogen) atoms. The fourth-order valence-corrected chi connectivity index (χ4v) is 2.17. The first-order chi connectivity index (χ1) is 8.35. The first kappa shape index (κ1) is 14.7. The van der Waals surface area contributed by atoms with Crippen LogP contribution in [0.1, 0.15) is 6.92 Å². The quantitative estimate of drug-likeness (QED) is 0.807. The van der Waals surface area contributed by atoms with Crippen LogP contribution in [-0.2, 0) is 14.9 Å². The Balaban J connectivity index is 2.86. The highest BCUT2D eigenvalue weighted by atomic mass is 35.5. The van der Waals surface area contributed by atoms with Crippen LogP contribution in [0.4, 0.5) is 10.5 Å². The number of nitrogens with one attached hydrogen (secondary N) is 2. The van der Waals surface area contributed by atoms with Gasteiger partial charge in [0.05, 0.1) is 6.61 Å². The Morgan fingerprint density at radius 3 is 2.44 bits per heavy atom. The molecule has 1 aromatic rings. The first-order valence-corrected chi connectivity index (χ1v) is 6.73. The summed E-state index contributed by atoms with van der Waals surface area (Å²) < 4.78 is 30.9. The fourth-order valence-electron chi connectivity index (χ4n) is 0.859. The third-order valence-electron chi connectivity index (χ3n) is 1.48. The summed E-state index contributed by atoms with van der Waals surface area (Å²) in [6, 6.07) is 0. The lowest BCUT2D eigenvalue weighted by Gasteiger charge is -2.10. The Morgan fingerprint density at radius 2 is 1.94 bits per heavy atom. The molecule has 0 radical (unpaired) electrons. The van der Waals surface area contributed by atoms with Gasteiger partial charge in [-0.15, -0.1) is 0 Å². The zero-order valence-corrected chi connectivity index (χ0v) is 11.3. The lowest BCUT2D eigenvalue weighted by molar-refractivity contribution is 0.159. The van der Waals surface area contributed by atoms with Crippen molar-refractivity contribution in [2.75, 3.05) is 11.3 Å². The summed E-state index contributed by atoms with van der Waals surface area (Å²) in [7, 11) is -4.22. The summed E-state index contributed by atoms with van der Waals surface area (Å²) in [5.74, 6) is 0. The van der Waals surface area contributed by atoms with Crippen molar-refractivity contribution in [3.8, 4) is 0 Å². The van der Waals surface area contributed by atoms with Crippen LogP contribution in [0.5, 0.6) is 0 Å². The number of nitrogens with zero attached hydrogens (tertiary/aromatic N) is 2. The van der Waals surface area contributed by atoms with E-state index in [2.05, 4.69) is 14.7 Å². The molecule has 0 spiro atoms. The van der Waals surface area contributed by atoms with Gasteiger partial charge in [0.15, 0.2) is 10.3 Å². The molecule has 100 valence electrons. The smallest absolute Gasteiger partial charge is 0.422 e. The van der Waals surface area contributed by atoms with Crippen molar-refractivity contribution in [2.45, 2.75) is 6.92 Å². The van der Waals surface area contributed by atoms with Gasteiger partial charge in [-0.2, -0.15) is 8.42 Å².